The molecule has 0 aliphatic rings. The molecule has 136 valence electrons. The van der Waals surface area contributed by atoms with Crippen molar-refractivity contribution in [3.8, 4) is 0 Å². The van der Waals surface area contributed by atoms with Crippen LogP contribution in [-0.2, 0) is 23.9 Å². The van der Waals surface area contributed by atoms with Crippen molar-refractivity contribution in [2.75, 3.05) is 27.7 Å². The maximum Gasteiger partial charge on any atom is 0.331 e. The Morgan fingerprint density at radius 3 is 2.04 bits per heavy atom. The predicted octanol–water partition coefficient (Wildman–Crippen LogP) is -0.773. The standard InChI is InChI=1S/C16H25NO7/c1-10(2)8-11(18)15(16(22)23)12(9-17(3,4)5)24-14(21)7-6-13(19)20/h6-7,10,12,15H,8-9H2,1-5H3,(H-,19,20,22,23)/b7-6+. The number of rotatable bonds is 10. The van der Waals surface area contributed by atoms with Crippen LogP contribution < -0.4 is 5.11 Å². The molecule has 0 radical (unpaired) electrons. The number of nitrogens with zero attached hydrogens (tertiary/aromatic N) is 1. The highest BCUT2D eigenvalue weighted by molar-refractivity contribution is 5.98. The summed E-state index contributed by atoms with van der Waals surface area (Å²) < 4.78 is 5.29. The van der Waals surface area contributed by atoms with Crippen molar-refractivity contribution in [1.29, 1.82) is 0 Å². The molecule has 0 rings (SSSR count). The summed E-state index contributed by atoms with van der Waals surface area (Å²) in [5.74, 6) is -6.24. The second-order valence-corrected chi connectivity index (χ2v) is 6.98. The maximum atomic E-state index is 12.2. The summed E-state index contributed by atoms with van der Waals surface area (Å²) in [5.41, 5.74) is 0. The highest BCUT2D eigenvalue weighted by Gasteiger charge is 2.36. The van der Waals surface area contributed by atoms with Crippen LogP contribution in [0.1, 0.15) is 20.3 Å². The highest BCUT2D eigenvalue weighted by atomic mass is 16.5. The van der Waals surface area contributed by atoms with Crippen LogP contribution in [0.25, 0.3) is 0 Å². The van der Waals surface area contributed by atoms with Crippen LogP contribution in [0.15, 0.2) is 12.2 Å². The van der Waals surface area contributed by atoms with Crippen LogP contribution in [0.2, 0.25) is 0 Å². The number of likely N-dealkylation sites (N-methyl/N-ethyl adjacent to an activating group) is 1. The quantitative estimate of drug-likeness (QED) is 0.239. The first kappa shape index (κ1) is 21.8. The number of carbonyl (C=O) groups is 4. The second kappa shape index (κ2) is 9.17. The Labute approximate surface area is 141 Å². The number of ether oxygens (including phenoxy) is 1. The minimum Gasteiger partial charge on any atom is -0.549 e. The fourth-order valence-corrected chi connectivity index (χ4v) is 2.10. The van der Waals surface area contributed by atoms with Gasteiger partial charge in [-0.3, -0.25) is 4.79 Å². The number of hydrogen-bond acceptors (Lipinski definition) is 6. The molecule has 0 aromatic carbocycles. The Balaban J connectivity index is 5.47. The Kier molecular flexibility index (Phi) is 8.32. The smallest absolute Gasteiger partial charge is 0.331 e. The molecule has 8 nitrogen and oxygen atoms in total. The molecule has 24 heavy (non-hydrogen) atoms. The van der Waals surface area contributed by atoms with E-state index >= 15 is 0 Å². The van der Waals surface area contributed by atoms with Gasteiger partial charge in [0.25, 0.3) is 0 Å². The molecule has 2 unspecified atom stereocenters. The molecule has 0 aromatic rings. The van der Waals surface area contributed by atoms with Crippen LogP contribution in [0.5, 0.6) is 0 Å². The zero-order chi connectivity index (χ0) is 19.1. The largest absolute Gasteiger partial charge is 0.549 e. The molecule has 2 atom stereocenters. The Morgan fingerprint density at radius 1 is 1.12 bits per heavy atom. The fraction of sp³-hybridized carbons (Fsp3) is 0.625. The minimum atomic E-state index is -1.62. The first-order chi connectivity index (χ1) is 10.8. The van der Waals surface area contributed by atoms with Crippen LogP contribution in [0.4, 0.5) is 0 Å². The molecule has 0 saturated heterocycles. The first-order valence-electron chi connectivity index (χ1n) is 7.49. The van der Waals surface area contributed by atoms with Crippen molar-refractivity contribution in [1.82, 2.24) is 0 Å². The van der Waals surface area contributed by atoms with E-state index in [4.69, 9.17) is 9.84 Å². The highest BCUT2D eigenvalue weighted by Crippen LogP contribution is 2.17. The van der Waals surface area contributed by atoms with E-state index in [-0.39, 0.29) is 23.4 Å². The van der Waals surface area contributed by atoms with Gasteiger partial charge < -0.3 is 24.2 Å². The SMILES string of the molecule is CC(C)CC(=O)C(C(=O)[O-])C(C[N+](C)(C)C)OC(=O)/C=C/C(=O)O. The number of aliphatic carboxylic acids is 2. The van der Waals surface area contributed by atoms with Crippen LogP contribution >= 0.6 is 0 Å². The molecule has 0 fully saturated rings. The van der Waals surface area contributed by atoms with Gasteiger partial charge in [-0.2, -0.15) is 0 Å². The summed E-state index contributed by atoms with van der Waals surface area (Å²) in [5, 5.41) is 20.0. The third-order valence-electron chi connectivity index (χ3n) is 2.94. The van der Waals surface area contributed by atoms with E-state index < -0.39 is 35.7 Å². The summed E-state index contributed by atoms with van der Waals surface area (Å²) in [7, 11) is 5.23. The van der Waals surface area contributed by atoms with E-state index in [1.165, 1.54) is 0 Å². The molecule has 0 aliphatic carbocycles. The third kappa shape index (κ3) is 9.04. The average Bonchev–Trinajstić information content (AvgIpc) is 2.32. The monoisotopic (exact) mass is 343 g/mol. The summed E-state index contributed by atoms with van der Waals surface area (Å²) in [6, 6.07) is 0. The van der Waals surface area contributed by atoms with E-state index in [1.54, 1.807) is 35.0 Å². The van der Waals surface area contributed by atoms with E-state index in [0.717, 1.165) is 0 Å². The molecule has 0 saturated carbocycles. The zero-order valence-electron chi connectivity index (χ0n) is 14.6. The van der Waals surface area contributed by atoms with Crippen molar-refractivity contribution >= 4 is 23.7 Å². The van der Waals surface area contributed by atoms with Crippen molar-refractivity contribution in [2.24, 2.45) is 11.8 Å². The first-order valence-corrected chi connectivity index (χ1v) is 7.49. The lowest BCUT2D eigenvalue weighted by atomic mass is 9.91. The van der Waals surface area contributed by atoms with Crippen molar-refractivity contribution < 1.29 is 38.6 Å². The Bertz CT molecular complexity index is 517. The summed E-state index contributed by atoms with van der Waals surface area (Å²) >= 11 is 0. The van der Waals surface area contributed by atoms with Gasteiger partial charge in [-0.15, -0.1) is 0 Å². The van der Waals surface area contributed by atoms with E-state index in [2.05, 4.69) is 0 Å². The Hall–Kier alpha value is -2.22. The van der Waals surface area contributed by atoms with Gasteiger partial charge in [0.1, 0.15) is 12.3 Å². The second-order valence-electron chi connectivity index (χ2n) is 6.98. The number of carboxylic acid groups (broad SMARTS) is 2. The van der Waals surface area contributed by atoms with Crippen molar-refractivity contribution in [3.63, 3.8) is 0 Å². The summed E-state index contributed by atoms with van der Waals surface area (Å²) in [6.45, 7) is 3.58. The van der Waals surface area contributed by atoms with Gasteiger partial charge in [0.2, 0.25) is 0 Å². The lowest BCUT2D eigenvalue weighted by Crippen LogP contribution is -2.52. The normalized spacial score (nSPS) is 14.4. The van der Waals surface area contributed by atoms with Gasteiger partial charge in [0, 0.05) is 18.6 Å². The Morgan fingerprint density at radius 2 is 1.67 bits per heavy atom. The van der Waals surface area contributed by atoms with E-state index in [0.29, 0.717) is 12.2 Å². The van der Waals surface area contributed by atoms with Gasteiger partial charge in [0.15, 0.2) is 6.10 Å². The molecule has 0 aliphatic heterocycles. The van der Waals surface area contributed by atoms with Crippen LogP contribution in [-0.4, -0.2) is 67.1 Å². The molecule has 0 heterocycles. The third-order valence-corrected chi connectivity index (χ3v) is 2.94. The molecular weight excluding hydrogens is 318 g/mol. The molecule has 1 N–H and O–H groups in total. The molecule has 0 bridgehead atoms. The molecule has 0 spiro atoms. The molecule has 8 heteroatoms. The summed E-state index contributed by atoms with van der Waals surface area (Å²) in [4.78, 5) is 45.8. The lowest BCUT2D eigenvalue weighted by Gasteiger charge is -2.33. The van der Waals surface area contributed by atoms with E-state index in [9.17, 15) is 24.3 Å². The number of esters is 1. The maximum absolute atomic E-state index is 12.2. The molecular formula is C16H25NO7. The van der Waals surface area contributed by atoms with Gasteiger partial charge in [-0.25, -0.2) is 9.59 Å². The molecule has 0 aromatic heterocycles. The number of hydrogen-bond donors (Lipinski definition) is 1. The van der Waals surface area contributed by atoms with Gasteiger partial charge in [0.05, 0.1) is 33.0 Å². The van der Waals surface area contributed by atoms with Gasteiger partial charge in [-0.05, 0) is 5.92 Å². The van der Waals surface area contributed by atoms with Gasteiger partial charge >= 0.3 is 11.9 Å². The zero-order valence-corrected chi connectivity index (χ0v) is 14.6. The molecule has 0 amide bonds. The number of carboxylic acids is 2. The minimum absolute atomic E-state index is 0.00874. The van der Waals surface area contributed by atoms with Gasteiger partial charge in [-0.1, -0.05) is 13.8 Å². The number of ketones is 1. The van der Waals surface area contributed by atoms with Crippen LogP contribution in [0, 0.1) is 11.8 Å². The number of quaternary nitrogens is 1. The van der Waals surface area contributed by atoms with Crippen LogP contribution in [0.3, 0.4) is 0 Å². The topological polar surface area (TPSA) is 121 Å². The average molecular weight is 343 g/mol. The van der Waals surface area contributed by atoms with Crippen molar-refractivity contribution in [3.05, 3.63) is 12.2 Å². The predicted molar refractivity (Wildman–Crippen MR) is 82.5 cm³/mol. The fourth-order valence-electron chi connectivity index (χ4n) is 2.10. The lowest BCUT2D eigenvalue weighted by molar-refractivity contribution is -0.873. The van der Waals surface area contributed by atoms with Crippen molar-refractivity contribution in [2.45, 2.75) is 26.4 Å². The van der Waals surface area contributed by atoms with E-state index in [1.807, 2.05) is 0 Å². The summed E-state index contributed by atoms with van der Waals surface area (Å²) in [6.07, 6.45) is 0.00107. The number of carbonyl (C=O) groups excluding carboxylic acids is 3. The number of Topliss-reactive ketones (excluding diaryl/α,β-unsaturated/α-hetero) is 1.